The van der Waals surface area contributed by atoms with Gasteiger partial charge in [0.15, 0.2) is 6.61 Å². The molecule has 3 rings (SSSR count). The van der Waals surface area contributed by atoms with E-state index in [0.717, 1.165) is 16.5 Å². The first-order chi connectivity index (χ1) is 13.2. The smallest absolute Gasteiger partial charge is 0.422 e. The molecule has 150 valence electrons. The van der Waals surface area contributed by atoms with Gasteiger partial charge in [-0.15, -0.1) is 0 Å². The fourth-order valence-corrected chi connectivity index (χ4v) is 2.66. The Labute approximate surface area is 159 Å². The number of anilines is 1. The number of ether oxygens (including phenoxy) is 1. The molecule has 0 unspecified atom stereocenters. The molecule has 1 atom stereocenters. The van der Waals surface area contributed by atoms with E-state index in [1.165, 1.54) is 6.20 Å². The molecular weight excluding hydrogens is 375 g/mol. The van der Waals surface area contributed by atoms with Crippen LogP contribution in [0.25, 0.3) is 10.9 Å². The molecule has 0 aliphatic heterocycles. The highest BCUT2D eigenvalue weighted by atomic mass is 19.4. The van der Waals surface area contributed by atoms with E-state index >= 15 is 0 Å². The molecule has 3 aromatic rings. The Kier molecular flexibility index (Phi) is 5.68. The molecule has 10 heteroatoms. The highest BCUT2D eigenvalue weighted by Crippen LogP contribution is 2.22. The van der Waals surface area contributed by atoms with Gasteiger partial charge in [0.2, 0.25) is 5.88 Å². The second-order valence-electron chi connectivity index (χ2n) is 6.52. The van der Waals surface area contributed by atoms with Crippen molar-refractivity contribution in [1.82, 2.24) is 19.7 Å². The lowest BCUT2D eigenvalue weighted by Crippen LogP contribution is -2.20. The molecule has 0 saturated carbocycles. The first-order valence-corrected chi connectivity index (χ1v) is 8.60. The van der Waals surface area contributed by atoms with Gasteiger partial charge in [0, 0.05) is 30.7 Å². The van der Waals surface area contributed by atoms with Crippen LogP contribution in [-0.4, -0.2) is 50.3 Å². The van der Waals surface area contributed by atoms with Crippen molar-refractivity contribution in [2.24, 2.45) is 0 Å². The molecule has 0 aliphatic carbocycles. The van der Waals surface area contributed by atoms with Crippen LogP contribution >= 0.6 is 0 Å². The van der Waals surface area contributed by atoms with Crippen LogP contribution in [-0.2, 0) is 6.54 Å². The lowest BCUT2D eigenvalue weighted by Gasteiger charge is -2.11. The Bertz CT molecular complexity index is 956. The van der Waals surface area contributed by atoms with Crippen LogP contribution in [0.5, 0.6) is 5.88 Å². The standard InChI is InChI=1S/C18H20F3N5O2/c1-11-5-13(7-24-17(11)28-10-18(19,20)21)8-26-9-14-15(25-26)3-4-22-16(14)23-6-12(2)27/h3-5,7,9,12,27H,6,8,10H2,1-2H3,(H,22,23)/t12-/m0/s1. The summed E-state index contributed by atoms with van der Waals surface area (Å²) in [5.41, 5.74) is 2.02. The molecule has 2 N–H and O–H groups in total. The van der Waals surface area contributed by atoms with Gasteiger partial charge in [0.1, 0.15) is 5.82 Å². The first kappa shape index (κ1) is 19.9. The Hall–Kier alpha value is -2.88. The average molecular weight is 395 g/mol. The van der Waals surface area contributed by atoms with Crippen molar-refractivity contribution in [2.45, 2.75) is 32.7 Å². The number of pyridine rings is 2. The van der Waals surface area contributed by atoms with Gasteiger partial charge in [-0.25, -0.2) is 9.97 Å². The van der Waals surface area contributed by atoms with Crippen LogP contribution in [0.2, 0.25) is 0 Å². The van der Waals surface area contributed by atoms with E-state index in [9.17, 15) is 18.3 Å². The number of hydrogen-bond donors (Lipinski definition) is 2. The number of aryl methyl sites for hydroxylation is 1. The minimum atomic E-state index is -4.41. The highest BCUT2D eigenvalue weighted by molar-refractivity contribution is 5.88. The van der Waals surface area contributed by atoms with E-state index in [1.807, 2.05) is 6.20 Å². The maximum Gasteiger partial charge on any atom is 0.422 e. The number of nitrogens with zero attached hydrogens (tertiary/aromatic N) is 4. The SMILES string of the molecule is Cc1cc(Cn2cc3c(NC[C@H](C)O)nccc3n2)cnc1OCC(F)(F)F. The molecule has 0 aromatic carbocycles. The van der Waals surface area contributed by atoms with Gasteiger partial charge >= 0.3 is 6.18 Å². The molecule has 28 heavy (non-hydrogen) atoms. The normalized spacial score (nSPS) is 12.9. The third-order valence-corrected chi connectivity index (χ3v) is 3.85. The summed E-state index contributed by atoms with van der Waals surface area (Å²) in [5, 5.41) is 17.8. The summed E-state index contributed by atoms with van der Waals surface area (Å²) in [6.45, 7) is 2.69. The molecule has 0 amide bonds. The maximum absolute atomic E-state index is 12.3. The third kappa shape index (κ3) is 5.10. The Morgan fingerprint density at radius 2 is 2.11 bits per heavy atom. The van der Waals surface area contributed by atoms with Crippen molar-refractivity contribution < 1.29 is 23.0 Å². The number of nitrogens with one attached hydrogen (secondary N) is 1. The topological polar surface area (TPSA) is 85.1 Å². The second-order valence-corrected chi connectivity index (χ2v) is 6.52. The van der Waals surface area contributed by atoms with Gasteiger partial charge in [0.25, 0.3) is 0 Å². The van der Waals surface area contributed by atoms with E-state index in [0.29, 0.717) is 24.5 Å². The summed E-state index contributed by atoms with van der Waals surface area (Å²) in [6, 6.07) is 3.49. The molecular formula is C18H20F3N5O2. The van der Waals surface area contributed by atoms with Crippen molar-refractivity contribution in [1.29, 1.82) is 0 Å². The maximum atomic E-state index is 12.3. The third-order valence-electron chi connectivity index (χ3n) is 3.85. The summed E-state index contributed by atoms with van der Waals surface area (Å²) < 4.78 is 43.3. The lowest BCUT2D eigenvalue weighted by atomic mass is 10.2. The molecule has 0 bridgehead atoms. The molecule has 3 aromatic heterocycles. The Balaban J connectivity index is 1.75. The van der Waals surface area contributed by atoms with Gasteiger partial charge in [-0.2, -0.15) is 18.3 Å². The highest BCUT2D eigenvalue weighted by Gasteiger charge is 2.29. The number of aliphatic hydroxyl groups is 1. The molecule has 0 fully saturated rings. The number of alkyl halides is 3. The van der Waals surface area contributed by atoms with E-state index in [2.05, 4.69) is 20.4 Å². The fraction of sp³-hybridized carbons (Fsp3) is 0.389. The number of halogens is 3. The van der Waals surface area contributed by atoms with Crippen molar-refractivity contribution in [3.05, 3.63) is 41.9 Å². The predicted molar refractivity (Wildman–Crippen MR) is 97.3 cm³/mol. The molecule has 0 saturated heterocycles. The number of aliphatic hydroxyl groups excluding tert-OH is 1. The lowest BCUT2D eigenvalue weighted by molar-refractivity contribution is -0.154. The van der Waals surface area contributed by atoms with Crippen LogP contribution in [0, 0.1) is 6.92 Å². The van der Waals surface area contributed by atoms with Crippen LogP contribution in [0.1, 0.15) is 18.1 Å². The largest absolute Gasteiger partial charge is 0.468 e. The summed E-state index contributed by atoms with van der Waals surface area (Å²) >= 11 is 0. The molecule has 0 radical (unpaired) electrons. The van der Waals surface area contributed by atoms with Crippen LogP contribution in [0.4, 0.5) is 19.0 Å². The van der Waals surface area contributed by atoms with E-state index in [-0.39, 0.29) is 5.88 Å². The van der Waals surface area contributed by atoms with Crippen LogP contribution in [0.15, 0.2) is 30.7 Å². The molecule has 0 spiro atoms. The minimum absolute atomic E-state index is 0.0412. The van der Waals surface area contributed by atoms with Crippen molar-refractivity contribution in [3.63, 3.8) is 0 Å². The molecule has 7 nitrogen and oxygen atoms in total. The average Bonchev–Trinajstić information content (AvgIpc) is 3.01. The van der Waals surface area contributed by atoms with Gasteiger partial charge in [-0.3, -0.25) is 4.68 Å². The van der Waals surface area contributed by atoms with Crippen molar-refractivity contribution >= 4 is 16.7 Å². The number of aromatic nitrogens is 4. The summed E-state index contributed by atoms with van der Waals surface area (Å²) in [5.74, 6) is 0.579. The summed E-state index contributed by atoms with van der Waals surface area (Å²) in [7, 11) is 0. The molecule has 3 heterocycles. The van der Waals surface area contributed by atoms with Gasteiger partial charge in [-0.05, 0) is 31.5 Å². The number of hydrogen-bond acceptors (Lipinski definition) is 6. The van der Waals surface area contributed by atoms with Gasteiger partial charge in [0.05, 0.1) is 23.6 Å². The Morgan fingerprint density at radius 1 is 1.32 bits per heavy atom. The van der Waals surface area contributed by atoms with Crippen molar-refractivity contribution in [3.8, 4) is 5.88 Å². The number of fused-ring (bicyclic) bond motifs is 1. The molecule has 0 aliphatic rings. The minimum Gasteiger partial charge on any atom is -0.468 e. The van der Waals surface area contributed by atoms with Gasteiger partial charge in [-0.1, -0.05) is 0 Å². The summed E-state index contributed by atoms with van der Waals surface area (Å²) in [6.07, 6.45) is -0.0105. The Morgan fingerprint density at radius 3 is 2.79 bits per heavy atom. The first-order valence-electron chi connectivity index (χ1n) is 8.60. The van der Waals surface area contributed by atoms with Gasteiger partial charge < -0.3 is 15.2 Å². The van der Waals surface area contributed by atoms with Crippen LogP contribution < -0.4 is 10.1 Å². The zero-order chi connectivity index (χ0) is 20.3. The zero-order valence-electron chi connectivity index (χ0n) is 15.4. The van der Waals surface area contributed by atoms with Crippen LogP contribution in [0.3, 0.4) is 0 Å². The van der Waals surface area contributed by atoms with E-state index in [1.54, 1.807) is 36.9 Å². The van der Waals surface area contributed by atoms with E-state index < -0.39 is 18.9 Å². The fourth-order valence-electron chi connectivity index (χ4n) is 2.66. The number of rotatable bonds is 7. The summed E-state index contributed by atoms with van der Waals surface area (Å²) in [4.78, 5) is 8.25. The second kappa shape index (κ2) is 8.01. The van der Waals surface area contributed by atoms with Crippen molar-refractivity contribution in [2.75, 3.05) is 18.5 Å². The quantitative estimate of drug-likeness (QED) is 0.640. The zero-order valence-corrected chi connectivity index (χ0v) is 15.4. The van der Waals surface area contributed by atoms with E-state index in [4.69, 9.17) is 4.74 Å². The predicted octanol–water partition coefficient (Wildman–Crippen LogP) is 2.92. The monoisotopic (exact) mass is 395 g/mol.